The van der Waals surface area contributed by atoms with Gasteiger partial charge in [-0.1, -0.05) is 0 Å². The molecule has 17 heavy (non-hydrogen) atoms. The van der Waals surface area contributed by atoms with Gasteiger partial charge in [0.1, 0.15) is 0 Å². The van der Waals surface area contributed by atoms with Crippen molar-refractivity contribution < 1.29 is 4.74 Å². The summed E-state index contributed by atoms with van der Waals surface area (Å²) >= 11 is 0. The Morgan fingerprint density at radius 2 is 1.88 bits per heavy atom. The van der Waals surface area contributed by atoms with Gasteiger partial charge in [0.2, 0.25) is 0 Å². The number of piperidine rings is 1. The minimum Gasteiger partial charge on any atom is -0.372 e. The topological polar surface area (TPSA) is 34.2 Å². The average Bonchev–Trinajstić information content (AvgIpc) is 2.78. The maximum atomic E-state index is 5.49. The van der Waals surface area contributed by atoms with Crippen LogP contribution in [0, 0.1) is 0 Å². The van der Waals surface area contributed by atoms with Crippen molar-refractivity contribution in [2.75, 3.05) is 13.1 Å². The van der Waals surface area contributed by atoms with Crippen molar-refractivity contribution in [1.82, 2.24) is 10.3 Å². The maximum Gasteiger partial charge on any atom is 0.0740 e. The van der Waals surface area contributed by atoms with E-state index in [1.54, 1.807) is 0 Å². The molecule has 3 heterocycles. The van der Waals surface area contributed by atoms with Gasteiger partial charge in [-0.05, 0) is 43.0 Å². The van der Waals surface area contributed by atoms with Crippen LogP contribution in [0.1, 0.15) is 35.4 Å². The van der Waals surface area contributed by atoms with Crippen molar-refractivity contribution in [2.45, 2.75) is 32.0 Å². The number of hydrogen-bond donors (Lipinski definition) is 1. The van der Waals surface area contributed by atoms with Gasteiger partial charge in [0.05, 0.1) is 13.2 Å². The summed E-state index contributed by atoms with van der Waals surface area (Å²) in [5.41, 5.74) is 4.15. The highest BCUT2D eigenvalue weighted by Gasteiger charge is 2.22. The number of nitrogens with zero attached hydrogens (tertiary/aromatic N) is 1. The first-order valence-corrected chi connectivity index (χ1v) is 5.69. The van der Waals surface area contributed by atoms with Crippen LogP contribution in [0.25, 0.3) is 0 Å². The van der Waals surface area contributed by atoms with Crippen LogP contribution in [0.5, 0.6) is 0 Å². The number of hydrogen-bond acceptors (Lipinski definition) is 3. The van der Waals surface area contributed by atoms with E-state index < -0.39 is 0 Å². The van der Waals surface area contributed by atoms with Gasteiger partial charge >= 0.3 is 0 Å². The number of ether oxygens (including phenoxy) is 1. The first kappa shape index (κ1) is 14.7. The van der Waals surface area contributed by atoms with Crippen LogP contribution < -0.4 is 5.32 Å². The van der Waals surface area contributed by atoms with E-state index in [2.05, 4.69) is 10.3 Å². The number of aromatic nitrogens is 1. The van der Waals surface area contributed by atoms with Gasteiger partial charge in [-0.3, -0.25) is 4.98 Å². The zero-order valence-corrected chi connectivity index (χ0v) is 11.3. The number of rotatable bonds is 1. The molecule has 0 aliphatic carbocycles. The minimum absolute atomic E-state index is 0. The second-order valence-corrected chi connectivity index (χ2v) is 4.38. The van der Waals surface area contributed by atoms with E-state index in [0.717, 1.165) is 26.3 Å². The van der Waals surface area contributed by atoms with Gasteiger partial charge in [-0.15, -0.1) is 24.8 Å². The zero-order valence-electron chi connectivity index (χ0n) is 9.65. The van der Waals surface area contributed by atoms with Crippen LogP contribution in [0.2, 0.25) is 0 Å². The van der Waals surface area contributed by atoms with Crippen LogP contribution in [-0.4, -0.2) is 18.1 Å². The van der Waals surface area contributed by atoms with Crippen molar-refractivity contribution in [1.29, 1.82) is 0 Å². The van der Waals surface area contributed by atoms with Crippen LogP contribution in [0.3, 0.4) is 0 Å². The molecule has 0 radical (unpaired) electrons. The Kier molecular flexibility index (Phi) is 5.67. The Labute approximate surface area is 114 Å². The summed E-state index contributed by atoms with van der Waals surface area (Å²) in [5.74, 6) is 0.690. The van der Waals surface area contributed by atoms with Crippen molar-refractivity contribution in [3.05, 3.63) is 29.1 Å². The molecule has 0 spiro atoms. The standard InChI is InChI=1S/C12H16N2O.2ClH/c1-3-13-4-2-9(1)11-6-14-5-10-7-15-8-12(10)11;;/h5-6,9,13H,1-4,7-8H2;2*1H. The fourth-order valence-electron chi connectivity index (χ4n) is 2.60. The molecule has 0 aromatic carbocycles. The lowest BCUT2D eigenvalue weighted by molar-refractivity contribution is 0.134. The Bertz CT molecular complexity index is 368. The maximum absolute atomic E-state index is 5.49. The first-order chi connectivity index (χ1) is 7.45. The van der Waals surface area contributed by atoms with Gasteiger partial charge in [-0.2, -0.15) is 0 Å². The van der Waals surface area contributed by atoms with E-state index in [-0.39, 0.29) is 24.8 Å². The van der Waals surface area contributed by atoms with E-state index in [4.69, 9.17) is 4.74 Å². The lowest BCUT2D eigenvalue weighted by atomic mass is 9.87. The average molecular weight is 277 g/mol. The largest absolute Gasteiger partial charge is 0.372 e. The molecule has 0 saturated carbocycles. The van der Waals surface area contributed by atoms with Crippen LogP contribution in [-0.2, 0) is 18.0 Å². The number of nitrogens with one attached hydrogen (secondary N) is 1. The summed E-state index contributed by atoms with van der Waals surface area (Å²) in [6.45, 7) is 3.81. The number of halogens is 2. The van der Waals surface area contributed by atoms with Crippen molar-refractivity contribution in [3.8, 4) is 0 Å². The Morgan fingerprint density at radius 3 is 2.65 bits per heavy atom. The molecule has 3 nitrogen and oxygen atoms in total. The molecule has 0 atom stereocenters. The van der Waals surface area contributed by atoms with Gasteiger partial charge in [0.25, 0.3) is 0 Å². The fourth-order valence-corrected chi connectivity index (χ4v) is 2.60. The fraction of sp³-hybridized carbons (Fsp3) is 0.583. The molecule has 0 bridgehead atoms. The summed E-state index contributed by atoms with van der Waals surface area (Å²) in [7, 11) is 0. The van der Waals surface area contributed by atoms with E-state index in [9.17, 15) is 0 Å². The molecule has 1 N–H and O–H groups in total. The molecule has 5 heteroatoms. The van der Waals surface area contributed by atoms with Gasteiger partial charge in [-0.25, -0.2) is 0 Å². The summed E-state index contributed by atoms with van der Waals surface area (Å²) in [6.07, 6.45) is 6.46. The molecule has 2 aliphatic rings. The Hall–Kier alpha value is -0.350. The molecular weight excluding hydrogens is 259 g/mol. The van der Waals surface area contributed by atoms with E-state index in [0.29, 0.717) is 5.92 Å². The van der Waals surface area contributed by atoms with Crippen LogP contribution in [0.15, 0.2) is 12.4 Å². The molecular formula is C12H18Cl2N2O. The first-order valence-electron chi connectivity index (χ1n) is 5.69. The quantitative estimate of drug-likeness (QED) is 0.856. The zero-order chi connectivity index (χ0) is 10.1. The molecule has 1 fully saturated rings. The summed E-state index contributed by atoms with van der Waals surface area (Å²) in [6, 6.07) is 0. The van der Waals surface area contributed by atoms with E-state index in [1.165, 1.54) is 29.5 Å². The molecule has 1 aromatic rings. The van der Waals surface area contributed by atoms with Crippen LogP contribution in [0.4, 0.5) is 0 Å². The van der Waals surface area contributed by atoms with Crippen molar-refractivity contribution in [2.24, 2.45) is 0 Å². The van der Waals surface area contributed by atoms with E-state index >= 15 is 0 Å². The van der Waals surface area contributed by atoms with Crippen LogP contribution >= 0.6 is 24.8 Å². The van der Waals surface area contributed by atoms with Crippen molar-refractivity contribution >= 4 is 24.8 Å². The monoisotopic (exact) mass is 276 g/mol. The van der Waals surface area contributed by atoms with E-state index in [1.807, 2.05) is 12.4 Å². The van der Waals surface area contributed by atoms with Gasteiger partial charge < -0.3 is 10.1 Å². The molecule has 1 saturated heterocycles. The highest BCUT2D eigenvalue weighted by molar-refractivity contribution is 5.85. The smallest absolute Gasteiger partial charge is 0.0740 e. The highest BCUT2D eigenvalue weighted by Crippen LogP contribution is 2.32. The summed E-state index contributed by atoms with van der Waals surface area (Å²) in [5, 5.41) is 3.40. The Morgan fingerprint density at radius 1 is 1.12 bits per heavy atom. The molecule has 1 aromatic heterocycles. The number of pyridine rings is 1. The third-order valence-electron chi connectivity index (χ3n) is 3.46. The lowest BCUT2D eigenvalue weighted by Gasteiger charge is -2.24. The predicted molar refractivity (Wildman–Crippen MR) is 72.1 cm³/mol. The normalized spacial score (nSPS) is 19.1. The second-order valence-electron chi connectivity index (χ2n) is 4.38. The third-order valence-corrected chi connectivity index (χ3v) is 3.46. The van der Waals surface area contributed by atoms with Gasteiger partial charge in [0, 0.05) is 18.0 Å². The second kappa shape index (κ2) is 6.55. The molecule has 96 valence electrons. The summed E-state index contributed by atoms with van der Waals surface area (Å²) < 4.78 is 5.49. The van der Waals surface area contributed by atoms with Gasteiger partial charge in [0.15, 0.2) is 0 Å². The SMILES string of the molecule is Cl.Cl.c1ncc(C2CCNCC2)c2c1COC2. The summed E-state index contributed by atoms with van der Waals surface area (Å²) in [4.78, 5) is 4.33. The Balaban J connectivity index is 0.000000722. The highest BCUT2D eigenvalue weighted by atomic mass is 35.5. The number of fused-ring (bicyclic) bond motifs is 1. The third kappa shape index (κ3) is 2.91. The molecule has 3 rings (SSSR count). The van der Waals surface area contributed by atoms with Crippen molar-refractivity contribution in [3.63, 3.8) is 0 Å². The molecule has 0 unspecified atom stereocenters. The minimum atomic E-state index is 0. The molecule has 2 aliphatic heterocycles. The lowest BCUT2D eigenvalue weighted by Crippen LogP contribution is -2.27. The molecule has 0 amide bonds. The predicted octanol–water partition coefficient (Wildman–Crippen LogP) is 2.42.